The molecular formula is C27H40N2O4S. The van der Waals surface area contributed by atoms with E-state index in [4.69, 9.17) is 15.3 Å². The fourth-order valence-electron chi connectivity index (χ4n) is 4.08. The van der Waals surface area contributed by atoms with Gasteiger partial charge in [-0.2, -0.15) is 8.42 Å². The van der Waals surface area contributed by atoms with Crippen LogP contribution >= 0.6 is 0 Å². The first kappa shape index (κ1) is 27.8. The van der Waals surface area contributed by atoms with Crippen molar-refractivity contribution in [3.8, 4) is 0 Å². The Morgan fingerprint density at radius 2 is 1.35 bits per heavy atom. The van der Waals surface area contributed by atoms with Gasteiger partial charge in [-0.25, -0.2) is 0 Å². The highest BCUT2D eigenvalue weighted by Gasteiger charge is 2.18. The number of rotatable bonds is 17. The number of benzene rings is 2. The third-order valence-corrected chi connectivity index (χ3v) is 7.14. The number of fused-ring (bicyclic) bond motifs is 1. The molecule has 2 aromatic rings. The van der Waals surface area contributed by atoms with Gasteiger partial charge >= 0.3 is 16.1 Å². The Kier molecular flexibility index (Phi) is 12.1. The molecule has 0 aliphatic carbocycles. The van der Waals surface area contributed by atoms with E-state index in [1.54, 1.807) is 36.4 Å². The van der Waals surface area contributed by atoms with Crippen molar-refractivity contribution in [2.24, 2.45) is 5.73 Å². The van der Waals surface area contributed by atoms with Crippen molar-refractivity contribution in [2.45, 2.75) is 96.1 Å². The average Bonchev–Trinajstić information content (AvgIpc) is 2.78. The summed E-state index contributed by atoms with van der Waals surface area (Å²) < 4.78 is 29.4. The van der Waals surface area contributed by atoms with Crippen LogP contribution in [0, 0.1) is 5.41 Å². The molecule has 6 nitrogen and oxygen atoms in total. The molecule has 0 saturated carbocycles. The van der Waals surface area contributed by atoms with Crippen molar-refractivity contribution >= 4 is 32.7 Å². The van der Waals surface area contributed by atoms with Crippen LogP contribution in [0.25, 0.3) is 10.8 Å². The van der Waals surface area contributed by atoms with Crippen LogP contribution in [0.3, 0.4) is 0 Å². The minimum Gasteiger partial charge on any atom is -0.384 e. The number of nitrogen functional groups attached to an aromatic ring is 1. The Morgan fingerprint density at radius 1 is 0.824 bits per heavy atom. The summed E-state index contributed by atoms with van der Waals surface area (Å²) in [5.74, 6) is -1.06. The molecule has 2 rings (SSSR count). The summed E-state index contributed by atoms with van der Waals surface area (Å²) in [6.07, 6.45) is 14.4. The average molecular weight is 489 g/mol. The van der Waals surface area contributed by atoms with Crippen LogP contribution in [0.2, 0.25) is 0 Å². The van der Waals surface area contributed by atoms with Crippen molar-refractivity contribution in [1.82, 2.24) is 0 Å². The highest BCUT2D eigenvalue weighted by Crippen LogP contribution is 2.20. The van der Waals surface area contributed by atoms with Gasteiger partial charge < -0.3 is 9.92 Å². The Hall–Kier alpha value is -2.41. The summed E-state index contributed by atoms with van der Waals surface area (Å²) >= 11 is 0. The van der Waals surface area contributed by atoms with E-state index >= 15 is 0 Å². The molecule has 0 radical (unpaired) electrons. The maximum absolute atomic E-state index is 12.3. The Bertz CT molecular complexity index is 1030. The van der Waals surface area contributed by atoms with Gasteiger partial charge in [-0.1, -0.05) is 108 Å². The van der Waals surface area contributed by atoms with E-state index < -0.39 is 16.1 Å². The predicted molar refractivity (Wildman–Crippen MR) is 139 cm³/mol. The first-order valence-electron chi connectivity index (χ1n) is 12.6. The lowest BCUT2D eigenvalue weighted by Crippen LogP contribution is -2.14. The van der Waals surface area contributed by atoms with Crippen LogP contribution in [-0.2, 0) is 24.8 Å². The van der Waals surface area contributed by atoms with Crippen LogP contribution in [-0.4, -0.2) is 20.2 Å². The summed E-state index contributed by atoms with van der Waals surface area (Å²) in [5, 5.41) is 9.21. The van der Waals surface area contributed by atoms with Crippen LogP contribution in [0.1, 0.15) is 102 Å². The van der Waals surface area contributed by atoms with Gasteiger partial charge in [0, 0.05) is 12.0 Å². The molecule has 0 amide bonds. The molecule has 34 heavy (non-hydrogen) atoms. The van der Waals surface area contributed by atoms with Gasteiger partial charge in [0.25, 0.3) is 0 Å². The molecular weight excluding hydrogens is 448 g/mol. The van der Waals surface area contributed by atoms with Gasteiger partial charge in [-0.05, 0) is 28.8 Å². The van der Waals surface area contributed by atoms with Crippen LogP contribution in [0.15, 0.2) is 36.4 Å². The molecule has 188 valence electrons. The van der Waals surface area contributed by atoms with E-state index in [0.717, 1.165) is 30.0 Å². The molecule has 0 aliphatic heterocycles. The highest BCUT2D eigenvalue weighted by molar-refractivity contribution is 7.86. The summed E-state index contributed by atoms with van der Waals surface area (Å²) in [7, 11) is -3.99. The first-order chi connectivity index (χ1) is 16.3. The fraction of sp³-hybridized carbons (Fsp3) is 0.556. The summed E-state index contributed by atoms with van der Waals surface area (Å²) in [5.41, 5.74) is 6.67. The van der Waals surface area contributed by atoms with Crippen molar-refractivity contribution in [3.05, 3.63) is 47.5 Å². The SMILES string of the molecule is CCCCCCCCCCCCCCC(=O)OS(=O)(=O)Cc1ccc2cc(C(=N)N)ccc2c1. The molecule has 0 heterocycles. The Balaban J connectivity index is 1.64. The molecule has 0 aliphatic rings. The van der Waals surface area contributed by atoms with Crippen LogP contribution < -0.4 is 5.73 Å². The quantitative estimate of drug-likeness (QED) is 0.113. The molecule has 0 spiro atoms. The van der Waals surface area contributed by atoms with Gasteiger partial charge in [0.1, 0.15) is 11.6 Å². The Morgan fingerprint density at radius 3 is 1.94 bits per heavy atom. The summed E-state index contributed by atoms with van der Waals surface area (Å²) in [4.78, 5) is 12.0. The second kappa shape index (κ2) is 14.8. The zero-order valence-corrected chi connectivity index (χ0v) is 21.3. The van der Waals surface area contributed by atoms with E-state index in [-0.39, 0.29) is 18.0 Å². The number of nitrogens with one attached hydrogen (secondary N) is 1. The number of carbonyl (C=O) groups is 1. The second-order valence-corrected chi connectivity index (χ2v) is 10.7. The molecule has 0 unspecified atom stereocenters. The number of amidine groups is 1. The molecule has 3 N–H and O–H groups in total. The normalized spacial score (nSPS) is 11.6. The third-order valence-electron chi connectivity index (χ3n) is 6.01. The van der Waals surface area contributed by atoms with Crippen molar-refractivity contribution < 1.29 is 17.4 Å². The molecule has 7 heteroatoms. The van der Waals surface area contributed by atoms with E-state index in [0.29, 0.717) is 17.5 Å². The number of hydrogen-bond acceptors (Lipinski definition) is 5. The number of nitrogens with two attached hydrogens (primary N) is 1. The van der Waals surface area contributed by atoms with E-state index in [9.17, 15) is 13.2 Å². The largest absolute Gasteiger partial charge is 0.384 e. The molecule has 2 aromatic carbocycles. The standard InChI is InChI=1S/C27H40N2O4S/c1-2-3-4-5-6-7-8-9-10-11-12-13-14-26(30)33-34(31,32)21-22-15-16-24-20-25(27(28)29)18-17-23(24)19-22/h15-20H,2-14,21H2,1H3,(H3,28,29). The lowest BCUT2D eigenvalue weighted by molar-refractivity contribution is -0.133. The van der Waals surface area contributed by atoms with Crippen molar-refractivity contribution in [1.29, 1.82) is 5.41 Å². The molecule has 0 atom stereocenters. The summed E-state index contributed by atoms with van der Waals surface area (Å²) in [6, 6.07) is 10.5. The fourth-order valence-corrected chi connectivity index (χ4v) is 5.09. The minimum absolute atomic E-state index is 0.0198. The molecule has 0 saturated heterocycles. The van der Waals surface area contributed by atoms with Gasteiger partial charge in [0.15, 0.2) is 0 Å². The summed E-state index contributed by atoms with van der Waals surface area (Å²) in [6.45, 7) is 2.23. The maximum Gasteiger partial charge on any atom is 0.322 e. The van der Waals surface area contributed by atoms with Crippen molar-refractivity contribution in [3.63, 3.8) is 0 Å². The van der Waals surface area contributed by atoms with Gasteiger partial charge in [-0.15, -0.1) is 0 Å². The third kappa shape index (κ3) is 10.7. The van der Waals surface area contributed by atoms with Crippen LogP contribution in [0.5, 0.6) is 0 Å². The lowest BCUT2D eigenvalue weighted by atomic mass is 10.0. The number of carbonyl (C=O) groups excluding carboxylic acids is 1. The highest BCUT2D eigenvalue weighted by atomic mass is 32.2. The monoisotopic (exact) mass is 488 g/mol. The molecule has 0 aromatic heterocycles. The first-order valence-corrected chi connectivity index (χ1v) is 14.2. The Labute approximate surface area is 204 Å². The zero-order valence-electron chi connectivity index (χ0n) is 20.5. The topological polar surface area (TPSA) is 110 Å². The predicted octanol–water partition coefficient (Wildman–Crippen LogP) is 6.59. The molecule has 0 bridgehead atoms. The zero-order chi connectivity index (χ0) is 24.8. The van der Waals surface area contributed by atoms with Crippen molar-refractivity contribution in [2.75, 3.05) is 0 Å². The van der Waals surface area contributed by atoms with E-state index in [1.807, 2.05) is 0 Å². The minimum atomic E-state index is -3.99. The second-order valence-electron chi connectivity index (χ2n) is 9.11. The van der Waals surface area contributed by atoms with E-state index in [2.05, 4.69) is 6.92 Å². The van der Waals surface area contributed by atoms with E-state index in [1.165, 1.54) is 51.4 Å². The number of hydrogen-bond donors (Lipinski definition) is 2. The van der Waals surface area contributed by atoms with Gasteiger partial charge in [0.2, 0.25) is 0 Å². The lowest BCUT2D eigenvalue weighted by Gasteiger charge is -2.08. The smallest absolute Gasteiger partial charge is 0.322 e. The van der Waals surface area contributed by atoms with Crippen LogP contribution in [0.4, 0.5) is 0 Å². The molecule has 0 fully saturated rings. The van der Waals surface area contributed by atoms with Gasteiger partial charge in [0.05, 0.1) is 0 Å². The van der Waals surface area contributed by atoms with Gasteiger partial charge in [-0.3, -0.25) is 10.2 Å². The maximum atomic E-state index is 12.3. The number of unbranched alkanes of at least 4 members (excludes halogenated alkanes) is 11.